The van der Waals surface area contributed by atoms with Crippen LogP contribution in [0.15, 0.2) is 78.9 Å². The number of carbonyl (C=O) groups is 3. The molecule has 0 aliphatic rings. The molecule has 0 atom stereocenters. The molecule has 198 valence electrons. The molecular weight excluding hydrogens is 500 g/mol. The minimum absolute atomic E-state index is 0.350. The van der Waals surface area contributed by atoms with Gasteiger partial charge in [-0.1, -0.05) is 12.1 Å². The molecule has 0 radical (unpaired) electrons. The first-order chi connectivity index (χ1) is 18.7. The summed E-state index contributed by atoms with van der Waals surface area (Å²) in [6, 6.07) is 22.8. The second-order valence-corrected chi connectivity index (χ2v) is 8.47. The zero-order valence-electron chi connectivity index (χ0n) is 21.6. The van der Waals surface area contributed by atoms with Crippen molar-refractivity contribution in [3.63, 3.8) is 0 Å². The fourth-order valence-electron chi connectivity index (χ4n) is 3.58. The van der Waals surface area contributed by atoms with Gasteiger partial charge in [0.2, 0.25) is 5.95 Å². The maximum atomic E-state index is 11.2. The summed E-state index contributed by atoms with van der Waals surface area (Å²) in [6.45, 7) is 4.04. The Kier molecular flexibility index (Phi) is 8.47. The first kappa shape index (κ1) is 26.8. The van der Waals surface area contributed by atoms with E-state index in [4.69, 9.17) is 14.2 Å². The van der Waals surface area contributed by atoms with Crippen molar-refractivity contribution in [3.05, 3.63) is 90.1 Å². The molecule has 1 aromatic heterocycles. The van der Waals surface area contributed by atoms with Gasteiger partial charge in [-0.25, -0.2) is 4.98 Å². The molecule has 10 heteroatoms. The van der Waals surface area contributed by atoms with Gasteiger partial charge in [-0.2, -0.15) is 4.98 Å². The summed E-state index contributed by atoms with van der Waals surface area (Å²) in [5.41, 5.74) is 3.12. The van der Waals surface area contributed by atoms with Crippen LogP contribution in [0.5, 0.6) is 17.2 Å². The highest BCUT2D eigenvalue weighted by Gasteiger charge is 2.09. The van der Waals surface area contributed by atoms with Crippen LogP contribution in [0.3, 0.4) is 0 Å². The molecule has 0 saturated heterocycles. The lowest BCUT2D eigenvalue weighted by molar-refractivity contribution is -0.132. The molecule has 39 heavy (non-hydrogen) atoms. The summed E-state index contributed by atoms with van der Waals surface area (Å²) >= 11 is 0. The van der Waals surface area contributed by atoms with E-state index in [1.54, 1.807) is 60.7 Å². The lowest BCUT2D eigenvalue weighted by Crippen LogP contribution is -2.05. The third kappa shape index (κ3) is 8.39. The lowest BCUT2D eigenvalue weighted by atomic mass is 10.1. The fraction of sp³-hybridized carbons (Fsp3) is 0.138. The predicted molar refractivity (Wildman–Crippen MR) is 145 cm³/mol. The lowest BCUT2D eigenvalue weighted by Gasteiger charge is -2.12. The minimum atomic E-state index is -0.399. The van der Waals surface area contributed by atoms with Gasteiger partial charge in [0.05, 0.1) is 5.69 Å². The highest BCUT2D eigenvalue weighted by atomic mass is 16.5. The topological polar surface area (TPSA) is 129 Å². The van der Waals surface area contributed by atoms with Crippen LogP contribution >= 0.6 is 0 Å². The molecule has 2 N–H and O–H groups in total. The average Bonchev–Trinajstić information content (AvgIpc) is 2.87. The maximum Gasteiger partial charge on any atom is 0.308 e. The molecule has 4 rings (SSSR count). The maximum absolute atomic E-state index is 11.2. The number of ether oxygens (including phenoxy) is 3. The number of esters is 3. The van der Waals surface area contributed by atoms with E-state index >= 15 is 0 Å². The summed E-state index contributed by atoms with van der Waals surface area (Å²) in [7, 11) is 0. The normalized spacial score (nSPS) is 10.3. The Balaban J connectivity index is 1.57. The number of carbonyl (C=O) groups excluding carboxylic acids is 3. The molecule has 0 bridgehead atoms. The van der Waals surface area contributed by atoms with Crippen LogP contribution in [0.2, 0.25) is 0 Å². The van der Waals surface area contributed by atoms with E-state index in [2.05, 4.69) is 20.6 Å². The molecule has 0 amide bonds. The molecular formula is C29H26N4O6. The summed E-state index contributed by atoms with van der Waals surface area (Å²) < 4.78 is 15.3. The largest absolute Gasteiger partial charge is 0.427 e. The molecule has 0 fully saturated rings. The second-order valence-electron chi connectivity index (χ2n) is 8.47. The van der Waals surface area contributed by atoms with Crippen LogP contribution in [-0.4, -0.2) is 27.9 Å². The van der Waals surface area contributed by atoms with Gasteiger partial charge in [0.1, 0.15) is 23.1 Å². The van der Waals surface area contributed by atoms with Crippen LogP contribution < -0.4 is 24.8 Å². The number of benzene rings is 3. The zero-order valence-corrected chi connectivity index (χ0v) is 21.6. The van der Waals surface area contributed by atoms with Crippen LogP contribution in [0.4, 0.5) is 23.1 Å². The first-order valence-corrected chi connectivity index (χ1v) is 12.0. The highest BCUT2D eigenvalue weighted by Crippen LogP contribution is 2.24. The number of nitrogens with one attached hydrogen (secondary N) is 2. The Morgan fingerprint density at radius 2 is 1.05 bits per heavy atom. The Labute approximate surface area is 225 Å². The van der Waals surface area contributed by atoms with Crippen molar-refractivity contribution in [1.29, 1.82) is 0 Å². The van der Waals surface area contributed by atoms with E-state index in [-0.39, 0.29) is 5.97 Å². The molecule has 0 aliphatic carbocycles. The number of rotatable bonds is 9. The number of anilines is 4. The van der Waals surface area contributed by atoms with Gasteiger partial charge < -0.3 is 24.8 Å². The molecule has 4 aromatic rings. The van der Waals surface area contributed by atoms with Gasteiger partial charge in [-0.15, -0.1) is 0 Å². The average molecular weight is 527 g/mol. The fourth-order valence-corrected chi connectivity index (χ4v) is 3.58. The predicted octanol–water partition coefficient (Wildman–Crippen LogP) is 5.33. The Bertz CT molecular complexity index is 1280. The summed E-state index contributed by atoms with van der Waals surface area (Å²) in [4.78, 5) is 42.8. The third-order valence-electron chi connectivity index (χ3n) is 5.11. The SMILES string of the molecule is CC(=O)Oc1ccc(Cc2cc(Nc3ccc(OC(C)=O)cc3)nc(Nc3ccc(OC(C)=O)cc3)n2)cc1. The Morgan fingerprint density at radius 1 is 0.615 bits per heavy atom. The molecule has 1 heterocycles. The van der Waals surface area contributed by atoms with Gasteiger partial charge in [-0.3, -0.25) is 14.4 Å². The van der Waals surface area contributed by atoms with E-state index in [1.165, 1.54) is 20.8 Å². The van der Waals surface area contributed by atoms with E-state index in [1.807, 2.05) is 18.2 Å². The van der Waals surface area contributed by atoms with E-state index < -0.39 is 11.9 Å². The monoisotopic (exact) mass is 526 g/mol. The van der Waals surface area contributed by atoms with Crippen LogP contribution in [0.25, 0.3) is 0 Å². The standard InChI is InChI=1S/C29H26N4O6/c1-18(34)37-25-10-4-21(5-11-25)16-24-17-28(30-22-6-12-26(13-7-22)38-19(2)35)33-29(32-24)31-23-8-14-27(15-9-23)39-20(3)36/h4-15,17H,16H2,1-3H3,(H2,30,31,32,33). The molecule has 0 unspecified atom stereocenters. The third-order valence-corrected chi connectivity index (χ3v) is 5.11. The van der Waals surface area contributed by atoms with Crippen molar-refractivity contribution >= 4 is 41.0 Å². The van der Waals surface area contributed by atoms with Gasteiger partial charge in [0.15, 0.2) is 0 Å². The van der Waals surface area contributed by atoms with E-state index in [0.717, 1.165) is 16.9 Å². The Hall–Kier alpha value is -5.25. The summed E-state index contributed by atoms with van der Waals surface area (Å²) in [5.74, 6) is 1.05. The number of hydrogen-bond donors (Lipinski definition) is 2. The smallest absolute Gasteiger partial charge is 0.308 e. The quantitative estimate of drug-likeness (QED) is 0.218. The van der Waals surface area contributed by atoms with Gasteiger partial charge >= 0.3 is 17.9 Å². The zero-order chi connectivity index (χ0) is 27.8. The number of nitrogens with zero attached hydrogens (tertiary/aromatic N) is 2. The first-order valence-electron chi connectivity index (χ1n) is 12.0. The Morgan fingerprint density at radius 3 is 1.51 bits per heavy atom. The molecule has 0 aliphatic heterocycles. The van der Waals surface area contributed by atoms with Gasteiger partial charge in [-0.05, 0) is 66.2 Å². The van der Waals surface area contributed by atoms with Gasteiger partial charge in [0.25, 0.3) is 0 Å². The highest BCUT2D eigenvalue weighted by molar-refractivity contribution is 5.71. The van der Waals surface area contributed by atoms with Crippen molar-refractivity contribution in [2.75, 3.05) is 10.6 Å². The van der Waals surface area contributed by atoms with Crippen molar-refractivity contribution in [3.8, 4) is 17.2 Å². The number of hydrogen-bond acceptors (Lipinski definition) is 10. The molecule has 10 nitrogen and oxygen atoms in total. The van der Waals surface area contributed by atoms with E-state index in [9.17, 15) is 14.4 Å². The van der Waals surface area contributed by atoms with Gasteiger partial charge in [0, 0.05) is 44.6 Å². The van der Waals surface area contributed by atoms with Crippen LogP contribution in [-0.2, 0) is 20.8 Å². The molecule has 3 aromatic carbocycles. The van der Waals surface area contributed by atoms with Crippen LogP contribution in [0, 0.1) is 0 Å². The van der Waals surface area contributed by atoms with Crippen molar-refractivity contribution in [1.82, 2.24) is 9.97 Å². The summed E-state index contributed by atoms with van der Waals surface area (Å²) in [5, 5.41) is 6.43. The summed E-state index contributed by atoms with van der Waals surface area (Å²) in [6.07, 6.45) is 0.489. The molecule has 0 saturated carbocycles. The molecule has 0 spiro atoms. The van der Waals surface area contributed by atoms with Crippen LogP contribution in [0.1, 0.15) is 32.0 Å². The van der Waals surface area contributed by atoms with Crippen molar-refractivity contribution in [2.24, 2.45) is 0 Å². The van der Waals surface area contributed by atoms with Crippen molar-refractivity contribution < 1.29 is 28.6 Å². The van der Waals surface area contributed by atoms with Crippen molar-refractivity contribution in [2.45, 2.75) is 27.2 Å². The number of aromatic nitrogens is 2. The second kappa shape index (κ2) is 12.3. The van der Waals surface area contributed by atoms with E-state index in [0.29, 0.717) is 41.1 Å². The minimum Gasteiger partial charge on any atom is -0.427 e.